The van der Waals surface area contributed by atoms with Crippen LogP contribution in [0.3, 0.4) is 0 Å². The molecule has 0 atom stereocenters. The van der Waals surface area contributed by atoms with Crippen molar-refractivity contribution in [3.05, 3.63) is 58.1 Å². The lowest BCUT2D eigenvalue weighted by Crippen LogP contribution is -2.17. The average Bonchev–Trinajstić information content (AvgIpc) is 3.12. The third kappa shape index (κ3) is 6.88. The highest BCUT2D eigenvalue weighted by atomic mass is 79.9. The van der Waals surface area contributed by atoms with Gasteiger partial charge in [-0.3, -0.25) is 0 Å². The molecule has 156 valence electrons. The summed E-state index contributed by atoms with van der Waals surface area (Å²) in [4.78, 5) is 0. The normalized spacial score (nSPS) is 10.4. The molecule has 29 heavy (non-hydrogen) atoms. The van der Waals surface area contributed by atoms with Gasteiger partial charge in [0.15, 0.2) is 11.5 Å². The molecule has 1 N–H and O–H groups in total. The number of rotatable bonds is 10. The second-order valence-corrected chi connectivity index (χ2v) is 7.96. The summed E-state index contributed by atoms with van der Waals surface area (Å²) in [7, 11) is 3.49. The van der Waals surface area contributed by atoms with Gasteiger partial charge in [0.05, 0.1) is 7.11 Å². The summed E-state index contributed by atoms with van der Waals surface area (Å²) in [6.45, 7) is 1.96. The van der Waals surface area contributed by atoms with Gasteiger partial charge in [-0.1, -0.05) is 58.0 Å². The average molecular weight is 501 g/mol. The fraction of sp³-hybridized carbons (Fsp3) is 0.316. The van der Waals surface area contributed by atoms with Crippen LogP contribution in [0.5, 0.6) is 11.5 Å². The second kappa shape index (κ2) is 12.0. The van der Waals surface area contributed by atoms with Gasteiger partial charge in [0.1, 0.15) is 6.61 Å². The van der Waals surface area contributed by atoms with Crippen LogP contribution in [0.4, 0.5) is 0 Å². The van der Waals surface area contributed by atoms with Crippen molar-refractivity contribution in [1.29, 1.82) is 0 Å². The molecule has 3 aromatic rings. The number of thioether (sulfide) groups is 1. The number of methoxy groups -OCH3 is 1. The molecule has 0 spiro atoms. The van der Waals surface area contributed by atoms with Crippen molar-refractivity contribution < 1.29 is 9.47 Å². The Kier molecular flexibility index (Phi) is 9.72. The predicted octanol–water partition coefficient (Wildman–Crippen LogP) is 3.86. The zero-order chi connectivity index (χ0) is 19.8. The van der Waals surface area contributed by atoms with E-state index < -0.39 is 0 Å². The predicted molar refractivity (Wildman–Crippen MR) is 120 cm³/mol. The van der Waals surface area contributed by atoms with Crippen molar-refractivity contribution in [2.45, 2.75) is 18.3 Å². The van der Waals surface area contributed by atoms with Gasteiger partial charge in [-0.05, 0) is 28.1 Å². The van der Waals surface area contributed by atoms with E-state index in [-0.39, 0.29) is 12.4 Å². The van der Waals surface area contributed by atoms with Crippen molar-refractivity contribution in [3.63, 3.8) is 0 Å². The Bertz CT molecular complexity index is 898. The number of benzene rings is 2. The van der Waals surface area contributed by atoms with E-state index in [9.17, 15) is 0 Å². The van der Waals surface area contributed by atoms with Gasteiger partial charge < -0.3 is 14.8 Å². The lowest BCUT2D eigenvalue weighted by Gasteiger charge is -2.16. The highest BCUT2D eigenvalue weighted by Crippen LogP contribution is 2.35. The van der Waals surface area contributed by atoms with Gasteiger partial charge in [-0.2, -0.15) is 0 Å². The molecule has 1 aromatic heterocycles. The monoisotopic (exact) mass is 499 g/mol. The molecule has 0 aliphatic heterocycles. The summed E-state index contributed by atoms with van der Waals surface area (Å²) in [6, 6.07) is 14.1. The van der Waals surface area contributed by atoms with E-state index in [1.807, 2.05) is 43.4 Å². The number of hydrogen-bond acceptors (Lipinski definition) is 7. The van der Waals surface area contributed by atoms with Gasteiger partial charge in [0.2, 0.25) is 5.16 Å². The largest absolute Gasteiger partial charge is 0.493 e. The van der Waals surface area contributed by atoms with Crippen molar-refractivity contribution in [3.8, 4) is 11.5 Å². The van der Waals surface area contributed by atoms with Crippen molar-refractivity contribution in [2.75, 3.05) is 19.4 Å². The number of hydrogen-bond donors (Lipinski definition) is 1. The fourth-order valence-corrected chi connectivity index (χ4v) is 3.81. The maximum Gasteiger partial charge on any atom is 0.209 e. The number of aromatic nitrogens is 4. The molecule has 0 saturated heterocycles. The number of nitrogens with one attached hydrogen (secondary N) is 1. The van der Waals surface area contributed by atoms with Crippen molar-refractivity contribution in [2.24, 2.45) is 7.05 Å². The minimum atomic E-state index is 0. The van der Waals surface area contributed by atoms with E-state index in [2.05, 4.69) is 42.8 Å². The lowest BCUT2D eigenvalue weighted by atomic mass is 10.1. The standard InChI is InChI=1S/C19H22BrN5O2S.ClH/c1-25-19(22-23-24-25)28-9-8-21-12-15-10-16(20)11-17(26-2)18(15)27-13-14-6-4-3-5-7-14;/h3-7,10-11,21H,8-9,12-13H2,1-2H3;1H. The minimum absolute atomic E-state index is 0. The maximum atomic E-state index is 6.11. The third-order valence-electron chi connectivity index (χ3n) is 3.95. The number of halogens is 2. The highest BCUT2D eigenvalue weighted by Gasteiger charge is 2.13. The molecule has 0 radical (unpaired) electrons. The van der Waals surface area contributed by atoms with Gasteiger partial charge in [0.25, 0.3) is 0 Å². The minimum Gasteiger partial charge on any atom is -0.493 e. The first kappa shape index (κ1) is 23.5. The molecule has 0 bridgehead atoms. The van der Waals surface area contributed by atoms with Crippen LogP contribution in [0.25, 0.3) is 0 Å². The SMILES string of the molecule is COc1cc(Br)cc(CNCCSc2nnnn2C)c1OCc1ccccc1.Cl. The van der Waals surface area contributed by atoms with Crippen molar-refractivity contribution in [1.82, 2.24) is 25.5 Å². The topological polar surface area (TPSA) is 74.1 Å². The Morgan fingerprint density at radius 3 is 2.69 bits per heavy atom. The quantitative estimate of drug-likeness (QED) is 0.335. The van der Waals surface area contributed by atoms with Crippen LogP contribution in [0.1, 0.15) is 11.1 Å². The summed E-state index contributed by atoms with van der Waals surface area (Å²) in [5, 5.41) is 15.7. The molecule has 0 aliphatic carbocycles. The number of nitrogens with zero attached hydrogens (tertiary/aromatic N) is 4. The Morgan fingerprint density at radius 2 is 2.00 bits per heavy atom. The van der Waals surface area contributed by atoms with E-state index >= 15 is 0 Å². The van der Waals surface area contributed by atoms with Gasteiger partial charge in [0, 0.05) is 35.9 Å². The summed E-state index contributed by atoms with van der Waals surface area (Å²) in [5.74, 6) is 2.33. The number of ether oxygens (including phenoxy) is 2. The van der Waals surface area contributed by atoms with Crippen molar-refractivity contribution >= 4 is 40.1 Å². The first-order chi connectivity index (χ1) is 13.7. The molecule has 0 saturated carbocycles. The Hall–Kier alpha value is -1.81. The Labute approximate surface area is 189 Å². The summed E-state index contributed by atoms with van der Waals surface area (Å²) < 4.78 is 14.3. The number of tetrazole rings is 1. The summed E-state index contributed by atoms with van der Waals surface area (Å²) in [6.07, 6.45) is 0. The first-order valence-corrected chi connectivity index (χ1v) is 10.5. The van der Waals surface area contributed by atoms with Crippen LogP contribution in [0, 0.1) is 0 Å². The van der Waals surface area contributed by atoms with E-state index in [0.29, 0.717) is 18.9 Å². The molecular weight excluding hydrogens is 478 g/mol. The lowest BCUT2D eigenvalue weighted by molar-refractivity contribution is 0.280. The molecule has 10 heteroatoms. The van der Waals surface area contributed by atoms with E-state index in [1.165, 1.54) is 0 Å². The third-order valence-corrected chi connectivity index (χ3v) is 5.42. The first-order valence-electron chi connectivity index (χ1n) is 8.76. The van der Waals surface area contributed by atoms with Crippen LogP contribution in [-0.2, 0) is 20.2 Å². The van der Waals surface area contributed by atoms with E-state index in [0.717, 1.165) is 38.8 Å². The van der Waals surface area contributed by atoms with Gasteiger partial charge >= 0.3 is 0 Å². The summed E-state index contributed by atoms with van der Waals surface area (Å²) >= 11 is 5.16. The van der Waals surface area contributed by atoms with Crippen LogP contribution in [0.2, 0.25) is 0 Å². The molecule has 1 heterocycles. The number of aryl methyl sites for hydroxylation is 1. The molecule has 0 amide bonds. The molecule has 3 rings (SSSR count). The molecule has 2 aromatic carbocycles. The fourth-order valence-electron chi connectivity index (χ4n) is 2.58. The highest BCUT2D eigenvalue weighted by molar-refractivity contribution is 9.10. The Morgan fingerprint density at radius 1 is 1.21 bits per heavy atom. The van der Waals surface area contributed by atoms with E-state index in [4.69, 9.17) is 9.47 Å². The second-order valence-electron chi connectivity index (χ2n) is 5.98. The zero-order valence-electron chi connectivity index (χ0n) is 16.2. The van der Waals surface area contributed by atoms with Gasteiger partial charge in [-0.25, -0.2) is 4.68 Å². The smallest absolute Gasteiger partial charge is 0.209 e. The Balaban J connectivity index is 0.00000300. The van der Waals surface area contributed by atoms with Crippen LogP contribution < -0.4 is 14.8 Å². The molecule has 0 aliphatic rings. The summed E-state index contributed by atoms with van der Waals surface area (Å²) in [5.41, 5.74) is 2.15. The maximum absolute atomic E-state index is 6.11. The van der Waals surface area contributed by atoms with Gasteiger partial charge in [-0.15, -0.1) is 17.5 Å². The molecule has 0 fully saturated rings. The van der Waals surface area contributed by atoms with Crippen LogP contribution >= 0.6 is 40.1 Å². The molecular formula is C19H23BrClN5O2S. The van der Waals surface area contributed by atoms with Crippen LogP contribution in [0.15, 0.2) is 52.1 Å². The molecule has 0 unspecified atom stereocenters. The van der Waals surface area contributed by atoms with E-state index in [1.54, 1.807) is 23.6 Å². The zero-order valence-corrected chi connectivity index (χ0v) is 19.4. The van der Waals surface area contributed by atoms with Crippen LogP contribution in [-0.4, -0.2) is 39.6 Å². The molecule has 7 nitrogen and oxygen atoms in total.